The molecule has 0 atom stereocenters. The van der Waals surface area contributed by atoms with Crippen molar-refractivity contribution in [3.63, 3.8) is 0 Å². The molecule has 7 heteroatoms. The van der Waals surface area contributed by atoms with Gasteiger partial charge >= 0.3 is 5.97 Å². The quantitative estimate of drug-likeness (QED) is 0.288. The zero-order chi connectivity index (χ0) is 25.3. The lowest BCUT2D eigenvalue weighted by atomic mass is 9.79. The van der Waals surface area contributed by atoms with Gasteiger partial charge in [0.25, 0.3) is 0 Å². The molecule has 3 aromatic carbocycles. The highest BCUT2D eigenvalue weighted by Gasteiger charge is 2.35. The van der Waals surface area contributed by atoms with E-state index in [0.717, 1.165) is 48.7 Å². The van der Waals surface area contributed by atoms with Gasteiger partial charge in [0.2, 0.25) is 0 Å². The van der Waals surface area contributed by atoms with Gasteiger partial charge in [0.1, 0.15) is 0 Å². The molecule has 0 radical (unpaired) electrons. The van der Waals surface area contributed by atoms with Crippen molar-refractivity contribution in [3.8, 4) is 11.5 Å². The van der Waals surface area contributed by atoms with Crippen molar-refractivity contribution in [3.05, 3.63) is 70.8 Å². The molecule has 0 aromatic heterocycles. The summed E-state index contributed by atoms with van der Waals surface area (Å²) in [7, 11) is 0. The predicted octanol–water partition coefficient (Wildman–Crippen LogP) is 5.53. The maximum atomic E-state index is 12.2. The van der Waals surface area contributed by atoms with Gasteiger partial charge in [0.15, 0.2) is 11.5 Å². The first-order chi connectivity index (χ1) is 16.9. The molecule has 0 saturated carbocycles. The van der Waals surface area contributed by atoms with E-state index in [4.69, 9.17) is 16.2 Å². The number of hydrogen-bond donors (Lipinski definition) is 3. The lowest BCUT2D eigenvalue weighted by Gasteiger charge is -2.34. The van der Waals surface area contributed by atoms with Crippen LogP contribution in [-0.4, -0.2) is 37.3 Å². The van der Waals surface area contributed by atoms with Gasteiger partial charge in [-0.05, 0) is 51.5 Å². The molecule has 184 valence electrons. The van der Waals surface area contributed by atoms with E-state index in [-0.39, 0.29) is 11.5 Å². The third kappa shape index (κ3) is 4.01. The van der Waals surface area contributed by atoms with Gasteiger partial charge in [-0.25, -0.2) is 4.79 Å². The van der Waals surface area contributed by atoms with Gasteiger partial charge in [-0.2, -0.15) is 0 Å². The molecule has 0 spiro atoms. The van der Waals surface area contributed by atoms with E-state index in [9.17, 15) is 9.90 Å². The Labute approximate surface area is 206 Å². The number of rotatable bonds is 8. The van der Waals surface area contributed by atoms with Gasteiger partial charge in [-0.3, -0.25) is 0 Å². The van der Waals surface area contributed by atoms with Crippen molar-refractivity contribution in [2.45, 2.75) is 33.6 Å². The third-order valence-corrected chi connectivity index (χ3v) is 6.94. The van der Waals surface area contributed by atoms with E-state index in [2.05, 4.69) is 37.5 Å². The molecule has 35 heavy (non-hydrogen) atoms. The third-order valence-electron chi connectivity index (χ3n) is 6.94. The number of anilines is 4. The van der Waals surface area contributed by atoms with Crippen LogP contribution in [0.3, 0.4) is 0 Å². The van der Waals surface area contributed by atoms with Crippen LogP contribution in [0.5, 0.6) is 11.5 Å². The minimum Gasteiger partial charge on any atom is -0.478 e. The van der Waals surface area contributed by atoms with Gasteiger partial charge < -0.3 is 31.1 Å². The summed E-state index contributed by atoms with van der Waals surface area (Å²) in [4.78, 5) is 16.5. The Kier molecular flexibility index (Phi) is 6.78. The van der Waals surface area contributed by atoms with Crippen molar-refractivity contribution in [2.75, 3.05) is 47.4 Å². The van der Waals surface area contributed by atoms with Crippen LogP contribution in [0.4, 0.5) is 22.7 Å². The maximum absolute atomic E-state index is 12.2. The summed E-state index contributed by atoms with van der Waals surface area (Å²) < 4.78 is 6.50. The molecule has 3 aromatic rings. The Morgan fingerprint density at radius 3 is 1.66 bits per heavy atom. The number of carboxylic acids is 1. The number of carbonyl (C=O) groups is 1. The molecule has 0 unspecified atom stereocenters. The minimum absolute atomic E-state index is 0.245. The molecule has 0 aliphatic carbocycles. The van der Waals surface area contributed by atoms with Crippen LogP contribution in [0.1, 0.15) is 60.7 Å². The first-order valence-electron chi connectivity index (χ1n) is 12.2. The number of hydrogen-bond acceptors (Lipinski definition) is 6. The first kappa shape index (κ1) is 24.3. The lowest BCUT2D eigenvalue weighted by molar-refractivity contribution is 0.0695. The van der Waals surface area contributed by atoms with Crippen LogP contribution in [0.15, 0.2) is 48.5 Å². The number of carboxylic acid groups (broad SMARTS) is 1. The van der Waals surface area contributed by atoms with E-state index in [1.54, 1.807) is 12.1 Å². The van der Waals surface area contributed by atoms with Crippen molar-refractivity contribution >= 4 is 28.7 Å². The minimum atomic E-state index is -0.976. The van der Waals surface area contributed by atoms with Crippen LogP contribution >= 0.6 is 0 Å². The molecular formula is C28H34N4O3. The Morgan fingerprint density at radius 1 is 0.771 bits per heavy atom. The number of nitrogens with two attached hydrogens (primary N) is 2. The molecule has 0 fully saturated rings. The molecule has 0 amide bonds. The van der Waals surface area contributed by atoms with Gasteiger partial charge in [0.05, 0.1) is 28.3 Å². The maximum Gasteiger partial charge on any atom is 0.335 e. The number of ether oxygens (including phenoxy) is 1. The normalized spacial score (nSPS) is 12.5. The van der Waals surface area contributed by atoms with Crippen LogP contribution in [-0.2, 0) is 0 Å². The lowest BCUT2D eigenvalue weighted by Crippen LogP contribution is -2.25. The Bertz CT molecular complexity index is 1180. The number of nitrogens with zero attached hydrogens (tertiary/aromatic N) is 2. The summed E-state index contributed by atoms with van der Waals surface area (Å²) >= 11 is 0. The fourth-order valence-corrected chi connectivity index (χ4v) is 5.12. The van der Waals surface area contributed by atoms with Crippen LogP contribution < -0.4 is 26.0 Å². The highest BCUT2D eigenvalue weighted by molar-refractivity contribution is 5.91. The molecule has 0 saturated heterocycles. The van der Waals surface area contributed by atoms with Crippen LogP contribution in [0.25, 0.3) is 0 Å². The molecule has 7 nitrogen and oxygen atoms in total. The molecule has 1 aliphatic rings. The topological polar surface area (TPSA) is 105 Å². The number of nitrogen functional groups attached to an aromatic ring is 2. The number of fused-ring (bicyclic) bond motifs is 2. The van der Waals surface area contributed by atoms with Crippen molar-refractivity contribution in [1.82, 2.24) is 0 Å². The van der Waals surface area contributed by atoms with Crippen molar-refractivity contribution < 1.29 is 14.6 Å². The fraction of sp³-hybridized carbons (Fsp3) is 0.321. The Morgan fingerprint density at radius 2 is 1.23 bits per heavy atom. The summed E-state index contributed by atoms with van der Waals surface area (Å²) in [5.74, 6) is -0.288. The summed E-state index contributed by atoms with van der Waals surface area (Å²) in [5, 5.41) is 9.97. The predicted molar refractivity (Wildman–Crippen MR) is 143 cm³/mol. The van der Waals surface area contributed by atoms with Crippen molar-refractivity contribution in [2.24, 2.45) is 0 Å². The molecule has 5 N–H and O–H groups in total. The highest BCUT2D eigenvalue weighted by atomic mass is 16.5. The number of aromatic carboxylic acids is 1. The Balaban J connectivity index is 2.02. The van der Waals surface area contributed by atoms with Gasteiger partial charge in [-0.1, -0.05) is 30.3 Å². The van der Waals surface area contributed by atoms with E-state index < -0.39 is 5.97 Å². The zero-order valence-corrected chi connectivity index (χ0v) is 20.8. The average Bonchev–Trinajstić information content (AvgIpc) is 2.87. The summed E-state index contributed by atoms with van der Waals surface area (Å²) in [5.41, 5.74) is 18.9. The van der Waals surface area contributed by atoms with Crippen LogP contribution in [0, 0.1) is 0 Å². The molecule has 0 bridgehead atoms. The monoisotopic (exact) mass is 474 g/mol. The molecule has 4 rings (SSSR count). The number of benzene rings is 3. The second kappa shape index (κ2) is 9.78. The highest BCUT2D eigenvalue weighted by Crippen LogP contribution is 2.55. The standard InChI is InChI=1S/C28H34N4O3/c1-5-31(6-2)21-15-13-19-23(17-11-9-10-12-18(17)28(33)34)20-14-16-22(32(7-3)8-4)25(30)27(20)35-26(19)24(21)29/h9-16,23H,5-8,29-30H2,1-4H3,(H,33,34). The second-order valence-corrected chi connectivity index (χ2v) is 8.61. The second-order valence-electron chi connectivity index (χ2n) is 8.61. The van der Waals surface area contributed by atoms with E-state index in [0.29, 0.717) is 28.4 Å². The first-order valence-corrected chi connectivity index (χ1v) is 12.2. The molecule has 1 heterocycles. The molecular weight excluding hydrogens is 440 g/mol. The Hall–Kier alpha value is -3.87. The smallest absolute Gasteiger partial charge is 0.335 e. The largest absolute Gasteiger partial charge is 0.478 e. The molecule has 1 aliphatic heterocycles. The summed E-state index contributed by atoms with van der Waals surface area (Å²) in [6.07, 6.45) is 0. The van der Waals surface area contributed by atoms with Gasteiger partial charge in [0, 0.05) is 43.2 Å². The van der Waals surface area contributed by atoms with E-state index >= 15 is 0 Å². The van der Waals surface area contributed by atoms with Crippen molar-refractivity contribution in [1.29, 1.82) is 0 Å². The van der Waals surface area contributed by atoms with Crippen LogP contribution in [0.2, 0.25) is 0 Å². The SMILES string of the molecule is CCN(CC)c1ccc2c(c1N)Oc1c(ccc(N(CC)CC)c1N)C2c1ccccc1C(=O)O. The zero-order valence-electron chi connectivity index (χ0n) is 20.8. The summed E-state index contributed by atoms with van der Waals surface area (Å²) in [6, 6.07) is 15.1. The fourth-order valence-electron chi connectivity index (χ4n) is 5.12. The van der Waals surface area contributed by atoms with E-state index in [1.807, 2.05) is 36.4 Å². The van der Waals surface area contributed by atoms with Gasteiger partial charge in [-0.15, -0.1) is 0 Å². The van der Waals surface area contributed by atoms with E-state index in [1.165, 1.54) is 0 Å². The average molecular weight is 475 g/mol. The summed E-state index contributed by atoms with van der Waals surface area (Å²) in [6.45, 7) is 11.5.